The molecule has 0 saturated carbocycles. The largest absolute Gasteiger partial charge is 0.497 e. The highest BCUT2D eigenvalue weighted by molar-refractivity contribution is 7.16. The lowest BCUT2D eigenvalue weighted by Gasteiger charge is -2.31. The molecule has 2 aromatic rings. The van der Waals surface area contributed by atoms with Crippen LogP contribution in [0.2, 0.25) is 4.34 Å². The zero-order valence-corrected chi connectivity index (χ0v) is 18.2. The first-order chi connectivity index (χ1) is 14.0. The SMILES string of the molecule is COc1ccc(OC[C@H](O)CN2CCC(O)CC2)c(CNCc2ccc(Cl)s2)c1. The van der Waals surface area contributed by atoms with Crippen molar-refractivity contribution in [1.29, 1.82) is 0 Å². The Morgan fingerprint density at radius 3 is 2.72 bits per heavy atom. The minimum absolute atomic E-state index is 0.209. The molecule has 0 amide bonds. The number of hydrogen-bond acceptors (Lipinski definition) is 7. The van der Waals surface area contributed by atoms with Crippen molar-refractivity contribution in [1.82, 2.24) is 10.2 Å². The van der Waals surface area contributed by atoms with Crippen LogP contribution in [0.1, 0.15) is 23.3 Å². The Morgan fingerprint density at radius 1 is 1.24 bits per heavy atom. The first-order valence-electron chi connectivity index (χ1n) is 9.86. The van der Waals surface area contributed by atoms with Crippen LogP contribution < -0.4 is 14.8 Å². The monoisotopic (exact) mass is 440 g/mol. The highest BCUT2D eigenvalue weighted by Crippen LogP contribution is 2.25. The zero-order chi connectivity index (χ0) is 20.6. The van der Waals surface area contributed by atoms with Gasteiger partial charge in [0.1, 0.15) is 24.2 Å². The minimum Gasteiger partial charge on any atom is -0.497 e. The fourth-order valence-corrected chi connectivity index (χ4v) is 4.42. The number of thiophene rings is 1. The van der Waals surface area contributed by atoms with E-state index in [9.17, 15) is 10.2 Å². The molecule has 160 valence electrons. The number of nitrogens with zero attached hydrogens (tertiary/aromatic N) is 1. The first kappa shape index (κ1) is 22.3. The van der Waals surface area contributed by atoms with Crippen LogP contribution in [0.5, 0.6) is 11.5 Å². The molecule has 0 radical (unpaired) electrons. The lowest BCUT2D eigenvalue weighted by atomic mass is 10.1. The van der Waals surface area contributed by atoms with Crippen LogP contribution in [-0.2, 0) is 13.1 Å². The second-order valence-electron chi connectivity index (χ2n) is 7.28. The van der Waals surface area contributed by atoms with Crippen molar-refractivity contribution < 1.29 is 19.7 Å². The molecule has 0 spiro atoms. The maximum absolute atomic E-state index is 10.4. The molecule has 1 fully saturated rings. The van der Waals surface area contributed by atoms with Crippen molar-refractivity contribution in [2.45, 2.75) is 38.1 Å². The van der Waals surface area contributed by atoms with E-state index in [1.54, 1.807) is 18.4 Å². The van der Waals surface area contributed by atoms with Crippen molar-refractivity contribution in [2.24, 2.45) is 0 Å². The summed E-state index contributed by atoms with van der Waals surface area (Å²) in [6, 6.07) is 9.59. The zero-order valence-electron chi connectivity index (χ0n) is 16.6. The van der Waals surface area contributed by atoms with Gasteiger partial charge in [-0.1, -0.05) is 11.6 Å². The predicted molar refractivity (Wildman–Crippen MR) is 116 cm³/mol. The van der Waals surface area contributed by atoms with Gasteiger partial charge in [0.05, 0.1) is 17.6 Å². The molecule has 29 heavy (non-hydrogen) atoms. The number of methoxy groups -OCH3 is 1. The van der Waals surface area contributed by atoms with Gasteiger partial charge in [0.15, 0.2) is 0 Å². The van der Waals surface area contributed by atoms with E-state index in [4.69, 9.17) is 21.1 Å². The summed E-state index contributed by atoms with van der Waals surface area (Å²) < 4.78 is 12.0. The summed E-state index contributed by atoms with van der Waals surface area (Å²) in [5.74, 6) is 1.50. The van der Waals surface area contributed by atoms with Crippen LogP contribution in [0.4, 0.5) is 0 Å². The quantitative estimate of drug-likeness (QED) is 0.527. The molecule has 3 N–H and O–H groups in total. The number of benzene rings is 1. The lowest BCUT2D eigenvalue weighted by molar-refractivity contribution is 0.0336. The predicted octanol–water partition coefficient (Wildman–Crippen LogP) is 2.90. The summed E-state index contributed by atoms with van der Waals surface area (Å²) in [6.45, 7) is 3.72. The van der Waals surface area contributed by atoms with Gasteiger partial charge in [0.25, 0.3) is 0 Å². The molecule has 6 nitrogen and oxygen atoms in total. The summed E-state index contributed by atoms with van der Waals surface area (Å²) in [5, 5.41) is 23.4. The third kappa shape index (κ3) is 7.13. The van der Waals surface area contributed by atoms with Gasteiger partial charge >= 0.3 is 0 Å². The molecule has 1 saturated heterocycles. The van der Waals surface area contributed by atoms with Crippen LogP contribution in [0.15, 0.2) is 30.3 Å². The molecule has 0 aliphatic carbocycles. The van der Waals surface area contributed by atoms with E-state index in [1.807, 2.05) is 30.3 Å². The van der Waals surface area contributed by atoms with Crippen LogP contribution in [0, 0.1) is 0 Å². The Balaban J connectivity index is 1.52. The van der Waals surface area contributed by atoms with Crippen LogP contribution >= 0.6 is 22.9 Å². The van der Waals surface area contributed by atoms with Gasteiger partial charge in [-0.15, -0.1) is 11.3 Å². The Bertz CT molecular complexity index is 765. The molecule has 1 aromatic heterocycles. The Labute approximate surface area is 181 Å². The summed E-state index contributed by atoms with van der Waals surface area (Å²) in [4.78, 5) is 3.34. The Kier molecular flexibility index (Phi) is 8.59. The normalized spacial score (nSPS) is 16.7. The molecule has 0 unspecified atom stereocenters. The number of aliphatic hydroxyl groups is 2. The molecule has 2 heterocycles. The molecular formula is C21H29ClN2O4S. The van der Waals surface area contributed by atoms with Crippen LogP contribution in [0.25, 0.3) is 0 Å². The van der Waals surface area contributed by atoms with Gasteiger partial charge < -0.3 is 29.9 Å². The van der Waals surface area contributed by atoms with Crippen LogP contribution in [0.3, 0.4) is 0 Å². The summed E-state index contributed by atoms with van der Waals surface area (Å²) in [7, 11) is 1.64. The molecule has 1 aromatic carbocycles. The van der Waals surface area contributed by atoms with E-state index >= 15 is 0 Å². The first-order valence-corrected chi connectivity index (χ1v) is 11.1. The van der Waals surface area contributed by atoms with Gasteiger partial charge in [-0.2, -0.15) is 0 Å². The fraction of sp³-hybridized carbons (Fsp3) is 0.524. The Morgan fingerprint density at radius 2 is 2.03 bits per heavy atom. The van der Waals surface area contributed by atoms with E-state index in [0.29, 0.717) is 13.1 Å². The molecular weight excluding hydrogens is 412 g/mol. The van der Waals surface area contributed by atoms with E-state index in [-0.39, 0.29) is 12.7 Å². The number of aliphatic hydroxyl groups excluding tert-OH is 2. The summed E-state index contributed by atoms with van der Waals surface area (Å²) >= 11 is 7.54. The van der Waals surface area contributed by atoms with Crippen molar-refractivity contribution in [3.63, 3.8) is 0 Å². The number of nitrogens with one attached hydrogen (secondary N) is 1. The standard InChI is InChI=1S/C21H29ClN2O4S/c1-27-18-2-4-20(15(10-18)11-23-12-19-3-5-21(22)29-19)28-14-17(26)13-24-8-6-16(25)7-9-24/h2-5,10,16-17,23,25-26H,6-9,11-14H2,1H3/t17-/m1/s1. The maximum atomic E-state index is 10.4. The van der Waals surface area contributed by atoms with E-state index in [2.05, 4.69) is 10.2 Å². The van der Waals surface area contributed by atoms with Gasteiger partial charge in [0.2, 0.25) is 0 Å². The highest BCUT2D eigenvalue weighted by Gasteiger charge is 2.20. The average Bonchev–Trinajstić information content (AvgIpc) is 3.13. The minimum atomic E-state index is -0.582. The van der Waals surface area contributed by atoms with Gasteiger partial charge in [-0.05, 0) is 43.2 Å². The molecule has 1 aliphatic rings. The van der Waals surface area contributed by atoms with Gasteiger partial charge in [-0.3, -0.25) is 0 Å². The molecule has 1 atom stereocenters. The number of hydrogen-bond donors (Lipinski definition) is 3. The van der Waals surface area contributed by atoms with Crippen LogP contribution in [-0.4, -0.2) is 60.7 Å². The number of piperidine rings is 1. The van der Waals surface area contributed by atoms with E-state index in [0.717, 1.165) is 53.9 Å². The number of ether oxygens (including phenoxy) is 2. The van der Waals surface area contributed by atoms with Gasteiger partial charge in [0, 0.05) is 43.2 Å². The van der Waals surface area contributed by atoms with Crippen molar-refractivity contribution >= 4 is 22.9 Å². The second kappa shape index (κ2) is 11.2. The molecule has 8 heteroatoms. The fourth-order valence-electron chi connectivity index (χ4n) is 3.37. The van der Waals surface area contributed by atoms with Crippen molar-refractivity contribution in [2.75, 3.05) is 33.4 Å². The topological polar surface area (TPSA) is 74.2 Å². The number of halogens is 1. The number of likely N-dealkylation sites (tertiary alicyclic amines) is 1. The highest BCUT2D eigenvalue weighted by atomic mass is 35.5. The van der Waals surface area contributed by atoms with E-state index < -0.39 is 6.10 Å². The molecule has 1 aliphatic heterocycles. The van der Waals surface area contributed by atoms with Crippen molar-refractivity contribution in [3.05, 3.63) is 45.1 Å². The summed E-state index contributed by atoms with van der Waals surface area (Å²) in [6.07, 6.45) is 0.731. The Hall–Kier alpha value is -1.35. The maximum Gasteiger partial charge on any atom is 0.124 e. The third-order valence-electron chi connectivity index (χ3n) is 4.97. The smallest absolute Gasteiger partial charge is 0.124 e. The third-order valence-corrected chi connectivity index (χ3v) is 6.20. The molecule has 0 bridgehead atoms. The second-order valence-corrected chi connectivity index (χ2v) is 9.08. The van der Waals surface area contributed by atoms with E-state index in [1.165, 1.54) is 4.88 Å². The lowest BCUT2D eigenvalue weighted by Crippen LogP contribution is -2.41. The van der Waals surface area contributed by atoms with Crippen molar-refractivity contribution in [3.8, 4) is 11.5 Å². The summed E-state index contributed by atoms with van der Waals surface area (Å²) in [5.41, 5.74) is 0.972. The molecule has 3 rings (SSSR count). The van der Waals surface area contributed by atoms with Gasteiger partial charge in [-0.25, -0.2) is 0 Å². The number of rotatable bonds is 10. The average molecular weight is 441 g/mol. The number of β-amino-alcohol motifs (C(OH)–C–C–N with tert-alkyl or cyclic N) is 1.